The maximum atomic E-state index is 13.2. The molecule has 37 heavy (non-hydrogen) atoms. The highest BCUT2D eigenvalue weighted by Crippen LogP contribution is 2.62. The van der Waals surface area contributed by atoms with Crippen LogP contribution >= 0.6 is 0 Å². The number of nitrogens with zero attached hydrogens (tertiary/aromatic N) is 2. The number of amides is 1. The molecule has 5 aliphatic carbocycles. The second-order valence-electron chi connectivity index (χ2n) is 12.3. The quantitative estimate of drug-likeness (QED) is 0.449. The highest BCUT2D eigenvalue weighted by atomic mass is 19.1. The first-order valence-electron chi connectivity index (χ1n) is 14.4. The van der Waals surface area contributed by atoms with Crippen LogP contribution in [0.5, 0.6) is 0 Å². The van der Waals surface area contributed by atoms with E-state index >= 15 is 0 Å². The summed E-state index contributed by atoms with van der Waals surface area (Å²) in [6, 6.07) is 6.45. The Balaban J connectivity index is 0.968. The van der Waals surface area contributed by atoms with Crippen LogP contribution < -0.4 is 4.90 Å². The molecule has 0 unspecified atom stereocenters. The Labute approximate surface area is 219 Å². The summed E-state index contributed by atoms with van der Waals surface area (Å²) in [6.45, 7) is 4.03. The second kappa shape index (κ2) is 10.1. The molecule has 0 atom stereocenters. The molecule has 2 spiro atoms. The van der Waals surface area contributed by atoms with Gasteiger partial charge in [0.25, 0.3) is 0 Å². The Morgan fingerprint density at radius 1 is 0.919 bits per heavy atom. The summed E-state index contributed by atoms with van der Waals surface area (Å²) in [7, 11) is 1.97. The fraction of sp³-hybridized carbons (Fsp3) is 0.759. The van der Waals surface area contributed by atoms with Crippen molar-refractivity contribution in [1.82, 2.24) is 4.90 Å². The monoisotopic (exact) mass is 516 g/mol. The summed E-state index contributed by atoms with van der Waals surface area (Å²) in [4.78, 5) is 41.5. The highest BCUT2D eigenvalue weighted by Gasteiger charge is 2.64. The van der Waals surface area contributed by atoms with E-state index < -0.39 is 11.6 Å². The van der Waals surface area contributed by atoms with Gasteiger partial charge in [-0.3, -0.25) is 4.79 Å². The average Bonchev–Trinajstić information content (AvgIpc) is 2.90. The zero-order valence-electron chi connectivity index (χ0n) is 22.2. The molecule has 4 bridgehead atoms. The minimum Gasteiger partial charge on any atom is -0.373 e. The Morgan fingerprint density at radius 3 is 2.08 bits per heavy atom. The zero-order valence-corrected chi connectivity index (χ0v) is 22.2. The van der Waals surface area contributed by atoms with Crippen molar-refractivity contribution >= 4 is 11.6 Å². The number of anilines is 1. The van der Waals surface area contributed by atoms with Crippen LogP contribution in [0.3, 0.4) is 0 Å². The Kier molecular flexibility index (Phi) is 6.97. The number of hydrogen-bond acceptors (Lipinski definition) is 6. The van der Waals surface area contributed by atoms with E-state index in [0.29, 0.717) is 56.7 Å². The third-order valence-corrected chi connectivity index (χ3v) is 9.96. The summed E-state index contributed by atoms with van der Waals surface area (Å²) < 4.78 is 13.2. The molecule has 0 aromatic heterocycles. The lowest BCUT2D eigenvalue weighted by molar-refractivity contribution is -0.680. The third kappa shape index (κ3) is 4.90. The Bertz CT molecular complexity index is 924. The van der Waals surface area contributed by atoms with E-state index in [0.717, 1.165) is 56.0 Å². The van der Waals surface area contributed by atoms with Gasteiger partial charge in [-0.15, -0.1) is 0 Å². The van der Waals surface area contributed by atoms with Gasteiger partial charge in [0.1, 0.15) is 5.82 Å². The van der Waals surface area contributed by atoms with Gasteiger partial charge < -0.3 is 9.80 Å². The van der Waals surface area contributed by atoms with Crippen LogP contribution in [0.2, 0.25) is 0 Å². The number of benzene rings is 1. The molecule has 7 nitrogen and oxygen atoms in total. The van der Waals surface area contributed by atoms with Crippen LogP contribution in [0, 0.1) is 35.4 Å². The van der Waals surface area contributed by atoms with Gasteiger partial charge in [-0.05, 0) is 93.9 Å². The SMILES string of the molecule is CCN(CCN(C)c1ccc(F)cc1)C(=O)CC1CCC2(CC1)OOC1(OO2)C2CC3CC(C2)CC1C3. The fourth-order valence-electron chi connectivity index (χ4n) is 7.84. The topological polar surface area (TPSA) is 60.5 Å². The highest BCUT2D eigenvalue weighted by molar-refractivity contribution is 5.76. The standard InChI is InChI=1S/C29H41FN2O5/c1-3-32(13-12-31(2)26-6-4-25(30)5-7-26)27(33)19-20-8-10-28(11-9-20)34-36-29(37-35-28)23-15-21-14-22(17-23)18-24(29)16-21/h4-7,20-24H,3,8-19H2,1-2H3. The van der Waals surface area contributed by atoms with Crippen LogP contribution in [0.15, 0.2) is 24.3 Å². The molecule has 0 radical (unpaired) electrons. The van der Waals surface area contributed by atoms with Crippen molar-refractivity contribution in [3.8, 4) is 0 Å². The summed E-state index contributed by atoms with van der Waals surface area (Å²) in [5, 5.41) is 0. The normalized spacial score (nSPS) is 38.3. The van der Waals surface area contributed by atoms with E-state index in [4.69, 9.17) is 19.6 Å². The molecule has 0 N–H and O–H groups in total. The molecule has 1 heterocycles. The van der Waals surface area contributed by atoms with Crippen molar-refractivity contribution < 1.29 is 28.7 Å². The number of hydrogen-bond donors (Lipinski definition) is 0. The molecule has 1 aromatic carbocycles. The predicted molar refractivity (Wildman–Crippen MR) is 135 cm³/mol. The molecule has 204 valence electrons. The van der Waals surface area contributed by atoms with Crippen LogP contribution in [0.4, 0.5) is 10.1 Å². The first kappa shape index (κ1) is 25.5. The third-order valence-electron chi connectivity index (χ3n) is 9.96. The number of likely N-dealkylation sites (N-methyl/N-ethyl adjacent to an activating group) is 2. The molecule has 1 aromatic rings. The molecule has 6 fully saturated rings. The number of carbonyl (C=O) groups is 1. The summed E-state index contributed by atoms with van der Waals surface area (Å²) in [6.07, 6.45) is 9.55. The van der Waals surface area contributed by atoms with Gasteiger partial charge in [0.15, 0.2) is 0 Å². The van der Waals surface area contributed by atoms with Crippen molar-refractivity contribution in [3.63, 3.8) is 0 Å². The molecule has 1 amide bonds. The van der Waals surface area contributed by atoms with Crippen LogP contribution in [0.1, 0.15) is 71.1 Å². The summed E-state index contributed by atoms with van der Waals surface area (Å²) in [5.41, 5.74) is 0.940. The Hall–Kier alpha value is -1.74. The van der Waals surface area contributed by atoms with Gasteiger partial charge in [-0.1, -0.05) is 0 Å². The lowest BCUT2D eigenvalue weighted by atomic mass is 9.53. The molecule has 5 saturated carbocycles. The maximum absolute atomic E-state index is 13.2. The number of halogens is 1. The largest absolute Gasteiger partial charge is 0.373 e. The molecular formula is C29H41FN2O5. The van der Waals surface area contributed by atoms with E-state index in [-0.39, 0.29) is 11.7 Å². The van der Waals surface area contributed by atoms with Crippen molar-refractivity contribution in [2.75, 3.05) is 31.6 Å². The van der Waals surface area contributed by atoms with Crippen LogP contribution in [-0.4, -0.2) is 49.1 Å². The maximum Gasteiger partial charge on any atom is 0.239 e. The van der Waals surface area contributed by atoms with Crippen molar-refractivity contribution in [2.24, 2.45) is 29.6 Å². The summed E-state index contributed by atoms with van der Waals surface area (Å²) >= 11 is 0. The summed E-state index contributed by atoms with van der Waals surface area (Å²) in [5.74, 6) is 1.05. The van der Waals surface area contributed by atoms with Gasteiger partial charge in [0.05, 0.1) is 0 Å². The first-order chi connectivity index (χ1) is 17.9. The van der Waals surface area contributed by atoms with Crippen LogP contribution in [-0.2, 0) is 24.3 Å². The van der Waals surface area contributed by atoms with E-state index in [1.807, 2.05) is 23.8 Å². The van der Waals surface area contributed by atoms with Gasteiger partial charge >= 0.3 is 0 Å². The van der Waals surface area contributed by atoms with Gasteiger partial charge in [0.2, 0.25) is 17.5 Å². The minimum atomic E-state index is -0.845. The van der Waals surface area contributed by atoms with Crippen molar-refractivity contribution in [1.29, 1.82) is 0 Å². The molecule has 1 saturated heterocycles. The predicted octanol–water partition coefficient (Wildman–Crippen LogP) is 5.45. The van der Waals surface area contributed by atoms with E-state index in [1.165, 1.54) is 18.6 Å². The minimum absolute atomic E-state index is 0.182. The number of rotatable bonds is 7. The lowest BCUT2D eigenvalue weighted by Crippen LogP contribution is -2.64. The van der Waals surface area contributed by atoms with E-state index in [2.05, 4.69) is 0 Å². The Morgan fingerprint density at radius 2 is 1.51 bits per heavy atom. The van der Waals surface area contributed by atoms with Crippen molar-refractivity contribution in [3.05, 3.63) is 30.1 Å². The zero-order chi connectivity index (χ0) is 25.6. The average molecular weight is 517 g/mol. The molecular weight excluding hydrogens is 475 g/mol. The molecule has 7 rings (SSSR count). The molecule has 8 heteroatoms. The second-order valence-corrected chi connectivity index (χ2v) is 12.3. The molecule has 1 aliphatic heterocycles. The number of carbonyl (C=O) groups excluding carboxylic acids is 1. The van der Waals surface area contributed by atoms with Gasteiger partial charge in [0, 0.05) is 63.5 Å². The van der Waals surface area contributed by atoms with Gasteiger partial charge in [-0.25, -0.2) is 4.39 Å². The van der Waals surface area contributed by atoms with Gasteiger partial charge in [-0.2, -0.15) is 19.6 Å². The first-order valence-corrected chi connectivity index (χ1v) is 14.4. The van der Waals surface area contributed by atoms with E-state index in [1.54, 1.807) is 12.1 Å². The smallest absolute Gasteiger partial charge is 0.239 e. The lowest BCUT2D eigenvalue weighted by Gasteiger charge is -2.60. The van der Waals surface area contributed by atoms with E-state index in [9.17, 15) is 9.18 Å². The van der Waals surface area contributed by atoms with Crippen molar-refractivity contribution in [2.45, 2.75) is 82.7 Å². The molecule has 6 aliphatic rings. The fourth-order valence-corrected chi connectivity index (χ4v) is 7.84. The van der Waals surface area contributed by atoms with Crippen LogP contribution in [0.25, 0.3) is 0 Å².